The number of rotatable bonds is 32. The lowest BCUT2D eigenvalue weighted by Crippen LogP contribution is -2.30. The first-order valence-electron chi connectivity index (χ1n) is 18.7. The normalized spacial score (nSPS) is 17.8. The van der Waals surface area contributed by atoms with Gasteiger partial charge in [0.15, 0.2) is 0 Å². The van der Waals surface area contributed by atoms with Gasteiger partial charge in [0, 0.05) is 26.3 Å². The Morgan fingerprint density at radius 2 is 0.600 bits per heavy atom. The van der Waals surface area contributed by atoms with E-state index in [2.05, 4.69) is 25.8 Å². The number of ether oxygens (including phenoxy) is 2. The molecule has 0 bridgehead atoms. The third-order valence-electron chi connectivity index (χ3n) is 9.06. The van der Waals surface area contributed by atoms with Crippen molar-refractivity contribution >= 4 is 0 Å². The van der Waals surface area contributed by atoms with E-state index < -0.39 is 0 Å². The SMILES string of the molecule is CCCCCCCCCCCCCCCCO[C@@H]1CN(C)C[C@H]1OCCCCCCCCCCCCCCCC. The van der Waals surface area contributed by atoms with E-state index in [0.29, 0.717) is 0 Å². The minimum Gasteiger partial charge on any atom is -0.374 e. The van der Waals surface area contributed by atoms with Gasteiger partial charge < -0.3 is 14.4 Å². The van der Waals surface area contributed by atoms with Crippen LogP contribution in [0, 0.1) is 0 Å². The highest BCUT2D eigenvalue weighted by molar-refractivity contribution is 4.84. The molecule has 1 saturated heterocycles. The van der Waals surface area contributed by atoms with Crippen molar-refractivity contribution in [3.05, 3.63) is 0 Å². The highest BCUT2D eigenvalue weighted by atomic mass is 16.5. The highest BCUT2D eigenvalue weighted by Gasteiger charge is 2.32. The fraction of sp³-hybridized carbons (Fsp3) is 1.00. The van der Waals surface area contributed by atoms with Crippen LogP contribution in [0.4, 0.5) is 0 Å². The Kier molecular flexibility index (Phi) is 28.8. The predicted octanol–water partition coefficient (Wildman–Crippen LogP) is 11.7. The predicted molar refractivity (Wildman–Crippen MR) is 178 cm³/mol. The van der Waals surface area contributed by atoms with Crippen molar-refractivity contribution in [1.82, 2.24) is 4.90 Å². The Bertz CT molecular complexity index is 443. The average molecular weight is 566 g/mol. The van der Waals surface area contributed by atoms with Gasteiger partial charge in [-0.15, -0.1) is 0 Å². The van der Waals surface area contributed by atoms with Crippen LogP contribution in [0.5, 0.6) is 0 Å². The molecule has 1 aliphatic rings. The van der Waals surface area contributed by atoms with Gasteiger partial charge in [-0.1, -0.05) is 181 Å². The van der Waals surface area contributed by atoms with Crippen molar-refractivity contribution in [2.24, 2.45) is 0 Å². The molecule has 0 aromatic carbocycles. The minimum atomic E-state index is 0.276. The fourth-order valence-corrected chi connectivity index (χ4v) is 6.31. The van der Waals surface area contributed by atoms with Crippen molar-refractivity contribution in [2.45, 2.75) is 206 Å². The van der Waals surface area contributed by atoms with Crippen LogP contribution in [0.3, 0.4) is 0 Å². The number of unbranched alkanes of at least 4 members (excludes halogenated alkanes) is 26. The lowest BCUT2D eigenvalue weighted by Gasteiger charge is -2.20. The Balaban J connectivity index is 1.85. The van der Waals surface area contributed by atoms with E-state index in [1.54, 1.807) is 0 Å². The topological polar surface area (TPSA) is 21.7 Å². The summed E-state index contributed by atoms with van der Waals surface area (Å²) < 4.78 is 12.6. The highest BCUT2D eigenvalue weighted by Crippen LogP contribution is 2.18. The zero-order valence-electron chi connectivity index (χ0n) is 28.0. The van der Waals surface area contributed by atoms with Gasteiger partial charge in [-0.3, -0.25) is 0 Å². The molecule has 1 fully saturated rings. The summed E-state index contributed by atoms with van der Waals surface area (Å²) in [4.78, 5) is 2.38. The van der Waals surface area contributed by atoms with Gasteiger partial charge in [0.1, 0.15) is 0 Å². The van der Waals surface area contributed by atoms with Gasteiger partial charge in [0.2, 0.25) is 0 Å². The number of hydrogen-bond donors (Lipinski definition) is 0. The van der Waals surface area contributed by atoms with Crippen molar-refractivity contribution in [3.63, 3.8) is 0 Å². The largest absolute Gasteiger partial charge is 0.374 e. The molecule has 3 heteroatoms. The number of nitrogens with zero attached hydrogens (tertiary/aromatic N) is 1. The summed E-state index contributed by atoms with van der Waals surface area (Å²) >= 11 is 0. The molecule has 0 amide bonds. The second kappa shape index (κ2) is 30.3. The van der Waals surface area contributed by atoms with Crippen LogP contribution in [0.1, 0.15) is 194 Å². The summed E-state index contributed by atoms with van der Waals surface area (Å²) in [6.45, 7) is 8.48. The Morgan fingerprint density at radius 1 is 0.375 bits per heavy atom. The summed E-state index contributed by atoms with van der Waals surface area (Å²) in [6, 6.07) is 0. The summed E-state index contributed by atoms with van der Waals surface area (Å²) in [6.07, 6.45) is 40.0. The van der Waals surface area contributed by atoms with Crippen molar-refractivity contribution < 1.29 is 9.47 Å². The van der Waals surface area contributed by atoms with E-state index in [1.165, 1.54) is 180 Å². The molecular formula is C37H75NO2. The second-order valence-electron chi connectivity index (χ2n) is 13.2. The Morgan fingerprint density at radius 3 is 0.850 bits per heavy atom. The fourth-order valence-electron chi connectivity index (χ4n) is 6.31. The van der Waals surface area contributed by atoms with Crippen LogP contribution >= 0.6 is 0 Å². The van der Waals surface area contributed by atoms with E-state index in [4.69, 9.17) is 9.47 Å². The molecule has 1 rings (SSSR count). The summed E-state index contributed by atoms with van der Waals surface area (Å²) in [7, 11) is 2.21. The number of likely N-dealkylation sites (N-methyl/N-ethyl adjacent to an activating group) is 1. The Labute approximate surface area is 253 Å². The van der Waals surface area contributed by atoms with Crippen LogP contribution in [0.15, 0.2) is 0 Å². The zero-order valence-corrected chi connectivity index (χ0v) is 28.0. The standard InChI is InChI=1S/C37H75NO2/c1-4-6-8-10-12-14-16-18-20-22-24-26-28-30-32-39-36-34-38(3)35-37(36)40-33-31-29-27-25-23-21-19-17-15-13-11-9-7-5-2/h36-37H,4-35H2,1-3H3/t36-,37-/m1/s1. The van der Waals surface area contributed by atoms with Crippen LogP contribution in [0.25, 0.3) is 0 Å². The summed E-state index contributed by atoms with van der Waals surface area (Å²) in [5.74, 6) is 0. The molecule has 0 aliphatic carbocycles. The van der Waals surface area contributed by atoms with Crippen molar-refractivity contribution in [3.8, 4) is 0 Å². The average Bonchev–Trinajstić information content (AvgIpc) is 3.31. The third kappa shape index (κ3) is 24.5. The van der Waals surface area contributed by atoms with Gasteiger partial charge in [0.05, 0.1) is 12.2 Å². The van der Waals surface area contributed by atoms with Gasteiger partial charge in [-0.25, -0.2) is 0 Å². The smallest absolute Gasteiger partial charge is 0.0975 e. The van der Waals surface area contributed by atoms with E-state index in [9.17, 15) is 0 Å². The molecule has 3 nitrogen and oxygen atoms in total. The Hall–Kier alpha value is -0.120. The molecule has 40 heavy (non-hydrogen) atoms. The summed E-state index contributed by atoms with van der Waals surface area (Å²) in [5.41, 5.74) is 0. The third-order valence-corrected chi connectivity index (χ3v) is 9.06. The molecule has 2 atom stereocenters. The lowest BCUT2D eigenvalue weighted by atomic mass is 10.0. The van der Waals surface area contributed by atoms with E-state index >= 15 is 0 Å². The van der Waals surface area contributed by atoms with Crippen molar-refractivity contribution in [1.29, 1.82) is 0 Å². The van der Waals surface area contributed by atoms with Crippen LogP contribution in [0.2, 0.25) is 0 Å². The van der Waals surface area contributed by atoms with Gasteiger partial charge in [-0.2, -0.15) is 0 Å². The maximum absolute atomic E-state index is 6.30. The molecule has 0 saturated carbocycles. The van der Waals surface area contributed by atoms with Crippen LogP contribution < -0.4 is 0 Å². The lowest BCUT2D eigenvalue weighted by molar-refractivity contribution is -0.0481. The zero-order chi connectivity index (χ0) is 28.8. The first-order chi connectivity index (χ1) is 19.8. The first-order valence-corrected chi connectivity index (χ1v) is 18.7. The molecule has 0 aromatic heterocycles. The van der Waals surface area contributed by atoms with E-state index in [-0.39, 0.29) is 12.2 Å². The molecular weight excluding hydrogens is 490 g/mol. The van der Waals surface area contributed by atoms with Gasteiger partial charge in [-0.05, 0) is 19.9 Å². The maximum atomic E-state index is 6.30. The van der Waals surface area contributed by atoms with Gasteiger partial charge >= 0.3 is 0 Å². The van der Waals surface area contributed by atoms with Crippen molar-refractivity contribution in [2.75, 3.05) is 33.4 Å². The van der Waals surface area contributed by atoms with E-state index in [0.717, 1.165) is 26.3 Å². The molecule has 0 aromatic rings. The number of hydrogen-bond acceptors (Lipinski definition) is 3. The molecule has 0 radical (unpaired) electrons. The number of likely N-dealkylation sites (tertiary alicyclic amines) is 1. The first kappa shape index (κ1) is 37.9. The van der Waals surface area contributed by atoms with E-state index in [1.807, 2.05) is 0 Å². The van der Waals surface area contributed by atoms with Crippen LogP contribution in [-0.4, -0.2) is 50.5 Å². The quantitative estimate of drug-likeness (QED) is 0.0757. The maximum Gasteiger partial charge on any atom is 0.0975 e. The van der Waals surface area contributed by atoms with Crippen LogP contribution in [-0.2, 0) is 9.47 Å². The molecule has 1 heterocycles. The molecule has 1 aliphatic heterocycles. The minimum absolute atomic E-state index is 0.276. The second-order valence-corrected chi connectivity index (χ2v) is 13.2. The summed E-state index contributed by atoms with van der Waals surface area (Å²) in [5, 5.41) is 0. The van der Waals surface area contributed by atoms with Gasteiger partial charge in [0.25, 0.3) is 0 Å². The molecule has 0 unspecified atom stereocenters. The molecule has 0 N–H and O–H groups in total. The molecule has 240 valence electrons. The molecule has 0 spiro atoms. The monoisotopic (exact) mass is 566 g/mol.